The molecule has 4 nitrogen and oxygen atoms in total. The van der Waals surface area contributed by atoms with Crippen molar-refractivity contribution in [1.29, 1.82) is 0 Å². The summed E-state index contributed by atoms with van der Waals surface area (Å²) in [6.45, 7) is 1.09. The summed E-state index contributed by atoms with van der Waals surface area (Å²) in [7, 11) is 0. The van der Waals surface area contributed by atoms with Crippen LogP contribution in [0.15, 0.2) is 35.1 Å². The molecule has 1 heterocycles. The molecule has 0 saturated heterocycles. The molecule has 0 N–H and O–H groups in total. The van der Waals surface area contributed by atoms with Gasteiger partial charge in [-0.3, -0.25) is 14.2 Å². The molecule has 1 aromatic heterocycles. The molecular weight excluding hydrogens is 357 g/mol. The summed E-state index contributed by atoms with van der Waals surface area (Å²) in [6.07, 6.45) is -5.52. The Morgan fingerprint density at radius 1 is 1.24 bits per heavy atom. The summed E-state index contributed by atoms with van der Waals surface area (Å²) in [6, 6.07) is 7.85. The van der Waals surface area contributed by atoms with E-state index in [1.807, 2.05) is 0 Å². The van der Waals surface area contributed by atoms with Gasteiger partial charge in [0.05, 0.1) is 12.2 Å². The Bertz CT molecular complexity index is 814. The van der Waals surface area contributed by atoms with E-state index in [0.29, 0.717) is 16.3 Å². The van der Waals surface area contributed by atoms with E-state index in [9.17, 15) is 22.8 Å². The lowest BCUT2D eigenvalue weighted by Crippen LogP contribution is -2.27. The van der Waals surface area contributed by atoms with Crippen molar-refractivity contribution < 1.29 is 18.0 Å². The molecule has 2 rings (SSSR count). The summed E-state index contributed by atoms with van der Waals surface area (Å²) in [5.74, 6) is -0.114. The lowest BCUT2D eigenvalue weighted by molar-refractivity contribution is -0.135. The average Bonchev–Trinajstić information content (AvgIpc) is 2.49. The molecule has 0 amide bonds. The lowest BCUT2D eigenvalue weighted by Gasteiger charge is -2.13. The molecule has 0 saturated carbocycles. The van der Waals surface area contributed by atoms with Gasteiger partial charge in [-0.1, -0.05) is 23.7 Å². The van der Waals surface area contributed by atoms with Gasteiger partial charge in [-0.15, -0.1) is 0 Å². The maximum Gasteiger partial charge on any atom is 0.389 e. The molecule has 0 fully saturated rings. The lowest BCUT2D eigenvalue weighted by atomic mass is 10.1. The van der Waals surface area contributed by atoms with E-state index in [1.165, 1.54) is 13.0 Å². The first-order valence-corrected chi connectivity index (χ1v) is 7.96. The Labute approximate surface area is 147 Å². The number of halogens is 4. The Hall–Kier alpha value is -2.15. The third-order valence-electron chi connectivity index (χ3n) is 3.47. The normalized spacial score (nSPS) is 11.6. The van der Waals surface area contributed by atoms with Gasteiger partial charge >= 0.3 is 6.18 Å². The highest BCUT2D eigenvalue weighted by Gasteiger charge is 2.26. The first kappa shape index (κ1) is 19.2. The highest BCUT2D eigenvalue weighted by molar-refractivity contribution is 6.30. The molecule has 0 radical (unpaired) electrons. The monoisotopic (exact) mass is 372 g/mol. The van der Waals surface area contributed by atoms with Crippen LogP contribution in [-0.2, 0) is 17.8 Å². The number of hydrogen-bond acceptors (Lipinski definition) is 3. The number of carbonyl (C=O) groups is 1. The van der Waals surface area contributed by atoms with Crippen LogP contribution < -0.4 is 5.56 Å². The van der Waals surface area contributed by atoms with Crippen molar-refractivity contribution in [3.63, 3.8) is 0 Å². The second kappa shape index (κ2) is 7.82. The maximum atomic E-state index is 12.4. The van der Waals surface area contributed by atoms with Crippen LogP contribution in [0.4, 0.5) is 13.2 Å². The molecule has 0 aliphatic carbocycles. The second-order valence-electron chi connectivity index (χ2n) is 5.66. The smallest absolute Gasteiger partial charge is 0.298 e. The van der Waals surface area contributed by atoms with E-state index in [2.05, 4.69) is 4.98 Å². The van der Waals surface area contributed by atoms with Crippen molar-refractivity contribution in [3.05, 3.63) is 51.5 Å². The third-order valence-corrected chi connectivity index (χ3v) is 3.72. The van der Waals surface area contributed by atoms with Gasteiger partial charge in [0.2, 0.25) is 0 Å². The molecule has 0 atom stereocenters. The van der Waals surface area contributed by atoms with Gasteiger partial charge in [-0.05, 0) is 25.5 Å². The van der Waals surface area contributed by atoms with Crippen molar-refractivity contribution in [3.8, 4) is 11.3 Å². The van der Waals surface area contributed by atoms with Crippen molar-refractivity contribution >= 4 is 17.4 Å². The summed E-state index contributed by atoms with van der Waals surface area (Å²) in [5.41, 5.74) is 0.481. The molecule has 1 aromatic carbocycles. The van der Waals surface area contributed by atoms with Crippen molar-refractivity contribution in [2.45, 2.75) is 38.9 Å². The topological polar surface area (TPSA) is 52.0 Å². The molecule has 8 heteroatoms. The van der Waals surface area contributed by atoms with Gasteiger partial charge in [0.15, 0.2) is 0 Å². The van der Waals surface area contributed by atoms with E-state index in [-0.39, 0.29) is 31.0 Å². The van der Waals surface area contributed by atoms with Gasteiger partial charge in [0, 0.05) is 29.5 Å². The van der Waals surface area contributed by atoms with E-state index in [4.69, 9.17) is 11.6 Å². The maximum absolute atomic E-state index is 12.4. The highest BCUT2D eigenvalue weighted by Crippen LogP contribution is 2.23. The van der Waals surface area contributed by atoms with E-state index < -0.39 is 18.2 Å². The molecular formula is C17H16ClF3N2O2. The number of aromatic nitrogens is 2. The van der Waals surface area contributed by atoms with Crippen LogP contribution in [0, 0.1) is 0 Å². The fourth-order valence-corrected chi connectivity index (χ4v) is 2.48. The van der Waals surface area contributed by atoms with Crippen molar-refractivity contribution in [2.24, 2.45) is 0 Å². The SMILES string of the molecule is CC(=O)Cn1c(CCCC(F)(F)F)nc(-c2ccc(Cl)cc2)cc1=O. The van der Waals surface area contributed by atoms with Crippen LogP contribution in [0.5, 0.6) is 0 Å². The summed E-state index contributed by atoms with van der Waals surface area (Å²) in [4.78, 5) is 28.0. The van der Waals surface area contributed by atoms with Gasteiger partial charge in [0.25, 0.3) is 5.56 Å². The van der Waals surface area contributed by atoms with Crippen LogP contribution in [-0.4, -0.2) is 21.5 Å². The van der Waals surface area contributed by atoms with Crippen LogP contribution in [0.25, 0.3) is 11.3 Å². The van der Waals surface area contributed by atoms with Gasteiger partial charge in [-0.2, -0.15) is 13.2 Å². The Morgan fingerprint density at radius 2 is 1.88 bits per heavy atom. The molecule has 0 aliphatic heterocycles. The van der Waals surface area contributed by atoms with Crippen LogP contribution in [0.3, 0.4) is 0 Å². The van der Waals surface area contributed by atoms with E-state index >= 15 is 0 Å². The second-order valence-corrected chi connectivity index (χ2v) is 6.10. The number of hydrogen-bond donors (Lipinski definition) is 0. The molecule has 25 heavy (non-hydrogen) atoms. The number of aryl methyl sites for hydroxylation is 1. The summed E-state index contributed by atoms with van der Waals surface area (Å²) in [5, 5.41) is 0.513. The fourth-order valence-electron chi connectivity index (χ4n) is 2.35. The molecule has 0 unspecified atom stereocenters. The van der Waals surface area contributed by atoms with E-state index in [1.54, 1.807) is 24.3 Å². The number of alkyl halides is 3. The molecule has 2 aromatic rings. The molecule has 0 aliphatic rings. The van der Waals surface area contributed by atoms with Gasteiger partial charge < -0.3 is 0 Å². The fraction of sp³-hybridized carbons (Fsp3) is 0.353. The zero-order valence-electron chi connectivity index (χ0n) is 13.4. The quantitative estimate of drug-likeness (QED) is 0.769. The predicted molar refractivity (Wildman–Crippen MR) is 88.6 cm³/mol. The highest BCUT2D eigenvalue weighted by atomic mass is 35.5. The van der Waals surface area contributed by atoms with Gasteiger partial charge in [0.1, 0.15) is 11.6 Å². The molecule has 134 valence electrons. The van der Waals surface area contributed by atoms with Crippen LogP contribution >= 0.6 is 11.6 Å². The van der Waals surface area contributed by atoms with E-state index in [0.717, 1.165) is 4.57 Å². The zero-order chi connectivity index (χ0) is 18.6. The third kappa shape index (κ3) is 5.70. The standard InChI is InChI=1S/C17H16ClF3N2O2/c1-11(24)10-23-15(3-2-8-17(19,20)21)22-14(9-16(23)25)12-4-6-13(18)7-5-12/h4-7,9H,2-3,8,10H2,1H3. The minimum atomic E-state index is -4.28. The largest absolute Gasteiger partial charge is 0.389 e. The number of benzene rings is 1. The predicted octanol–water partition coefficient (Wildman–Crippen LogP) is 4.04. The first-order valence-electron chi connectivity index (χ1n) is 7.58. The molecule has 0 bridgehead atoms. The summed E-state index contributed by atoms with van der Waals surface area (Å²) >= 11 is 5.83. The minimum Gasteiger partial charge on any atom is -0.298 e. The first-order chi connectivity index (χ1) is 11.7. The zero-order valence-corrected chi connectivity index (χ0v) is 14.2. The summed E-state index contributed by atoms with van der Waals surface area (Å²) < 4.78 is 38.2. The Morgan fingerprint density at radius 3 is 2.44 bits per heavy atom. The van der Waals surface area contributed by atoms with Gasteiger partial charge in [-0.25, -0.2) is 4.98 Å². The van der Waals surface area contributed by atoms with Crippen molar-refractivity contribution in [2.75, 3.05) is 0 Å². The number of Topliss-reactive ketones (excluding diaryl/α,β-unsaturated/α-hetero) is 1. The number of nitrogens with zero attached hydrogens (tertiary/aromatic N) is 2. The number of carbonyl (C=O) groups excluding carboxylic acids is 1. The molecule has 0 spiro atoms. The van der Waals surface area contributed by atoms with Crippen LogP contribution in [0.1, 0.15) is 25.6 Å². The Balaban J connectivity index is 2.39. The number of ketones is 1. The number of rotatable bonds is 6. The minimum absolute atomic E-state index is 0.0521. The van der Waals surface area contributed by atoms with Crippen LogP contribution in [0.2, 0.25) is 5.02 Å². The average molecular weight is 373 g/mol. The Kier molecular flexibility index (Phi) is 6.00. The van der Waals surface area contributed by atoms with Crippen molar-refractivity contribution in [1.82, 2.24) is 9.55 Å².